The van der Waals surface area contributed by atoms with Crippen molar-refractivity contribution in [3.63, 3.8) is 0 Å². The molecule has 2 aromatic heterocycles. The number of nitrogens with one attached hydrogen (secondary N) is 1. The lowest BCUT2D eigenvalue weighted by molar-refractivity contribution is 0.174. The summed E-state index contributed by atoms with van der Waals surface area (Å²) < 4.78 is 13.1. The van der Waals surface area contributed by atoms with Crippen molar-refractivity contribution in [1.29, 1.82) is 0 Å². The van der Waals surface area contributed by atoms with E-state index >= 15 is 0 Å². The molecule has 0 radical (unpaired) electrons. The number of anilines is 2. The molecule has 1 aliphatic rings. The molecule has 1 N–H and O–H groups in total. The Hall–Kier alpha value is -3.47. The molecule has 134 valence electrons. The summed E-state index contributed by atoms with van der Waals surface area (Å²) in [4.78, 5) is 4.89. The van der Waals surface area contributed by atoms with Crippen molar-refractivity contribution in [2.45, 2.75) is 13.8 Å². The van der Waals surface area contributed by atoms with Crippen LogP contribution in [-0.4, -0.2) is 16.2 Å². The van der Waals surface area contributed by atoms with Crippen LogP contribution in [0.4, 0.5) is 11.5 Å². The van der Waals surface area contributed by atoms with Crippen LogP contribution in [-0.2, 0) is 0 Å². The molecule has 0 spiro atoms. The lowest BCUT2D eigenvalue weighted by Gasteiger charge is -2.11. The number of hydrogen-bond donors (Lipinski definition) is 1. The Bertz CT molecular complexity index is 1150. The van der Waals surface area contributed by atoms with Crippen molar-refractivity contribution < 1.29 is 9.47 Å². The smallest absolute Gasteiger partial charge is 0.231 e. The molecule has 2 aromatic carbocycles. The second kappa shape index (κ2) is 6.06. The highest BCUT2D eigenvalue weighted by atomic mass is 16.7. The molecule has 5 nitrogen and oxygen atoms in total. The zero-order chi connectivity index (χ0) is 18.4. The molecule has 1 aliphatic heterocycles. The number of hydrogen-bond acceptors (Lipinski definition) is 4. The van der Waals surface area contributed by atoms with E-state index in [0.717, 1.165) is 45.6 Å². The van der Waals surface area contributed by atoms with Gasteiger partial charge in [0.25, 0.3) is 0 Å². The van der Waals surface area contributed by atoms with Crippen LogP contribution in [0.2, 0.25) is 0 Å². The number of fused-ring (bicyclic) bond motifs is 2. The first-order valence-corrected chi connectivity index (χ1v) is 8.91. The second-order valence-electron chi connectivity index (χ2n) is 6.73. The van der Waals surface area contributed by atoms with E-state index < -0.39 is 0 Å². The lowest BCUT2D eigenvalue weighted by atomic mass is 10.1. The molecule has 3 heterocycles. The molecule has 0 saturated heterocycles. The molecule has 5 heteroatoms. The molecule has 0 aliphatic carbocycles. The van der Waals surface area contributed by atoms with Crippen molar-refractivity contribution in [2.75, 3.05) is 12.1 Å². The van der Waals surface area contributed by atoms with Crippen LogP contribution in [0.3, 0.4) is 0 Å². The Balaban J connectivity index is 1.67. The molecule has 0 atom stereocenters. The van der Waals surface area contributed by atoms with E-state index in [9.17, 15) is 0 Å². The number of imidazole rings is 1. The highest BCUT2D eigenvalue weighted by Crippen LogP contribution is 2.37. The van der Waals surface area contributed by atoms with Gasteiger partial charge in [-0.3, -0.25) is 4.40 Å². The minimum absolute atomic E-state index is 0.266. The quantitative estimate of drug-likeness (QED) is 0.555. The normalized spacial score (nSPS) is 12.5. The summed E-state index contributed by atoms with van der Waals surface area (Å²) in [7, 11) is 0. The molecular formula is C22H19N3O2. The molecular weight excluding hydrogens is 338 g/mol. The minimum Gasteiger partial charge on any atom is -0.454 e. The van der Waals surface area contributed by atoms with E-state index in [2.05, 4.69) is 53.9 Å². The van der Waals surface area contributed by atoms with Crippen LogP contribution in [0, 0.1) is 13.8 Å². The second-order valence-corrected chi connectivity index (χ2v) is 6.73. The van der Waals surface area contributed by atoms with Crippen molar-refractivity contribution in [1.82, 2.24) is 9.38 Å². The summed E-state index contributed by atoms with van der Waals surface area (Å²) in [6.07, 6.45) is 0. The molecule has 0 unspecified atom stereocenters. The summed E-state index contributed by atoms with van der Waals surface area (Å²) in [5, 5.41) is 3.54. The molecule has 0 fully saturated rings. The Labute approximate surface area is 157 Å². The first-order valence-electron chi connectivity index (χ1n) is 8.91. The van der Waals surface area contributed by atoms with E-state index in [0.29, 0.717) is 0 Å². The highest BCUT2D eigenvalue weighted by molar-refractivity contribution is 5.80. The number of aryl methyl sites for hydroxylation is 2. The van der Waals surface area contributed by atoms with Gasteiger partial charge in [0.1, 0.15) is 17.2 Å². The van der Waals surface area contributed by atoms with E-state index in [1.807, 2.05) is 30.3 Å². The maximum Gasteiger partial charge on any atom is 0.231 e. The van der Waals surface area contributed by atoms with E-state index in [1.165, 1.54) is 5.56 Å². The first kappa shape index (κ1) is 15.8. The fraction of sp³-hybridized carbons (Fsp3) is 0.136. The number of rotatable bonds is 3. The minimum atomic E-state index is 0.266. The van der Waals surface area contributed by atoms with Gasteiger partial charge < -0.3 is 14.8 Å². The summed E-state index contributed by atoms with van der Waals surface area (Å²) in [5.74, 6) is 2.46. The van der Waals surface area contributed by atoms with Gasteiger partial charge in [-0.2, -0.15) is 0 Å². The number of benzene rings is 2. The maximum absolute atomic E-state index is 5.51. The summed E-state index contributed by atoms with van der Waals surface area (Å²) >= 11 is 0. The van der Waals surface area contributed by atoms with Gasteiger partial charge in [0, 0.05) is 23.0 Å². The third-order valence-electron chi connectivity index (χ3n) is 4.80. The molecule has 4 aromatic rings. The van der Waals surface area contributed by atoms with Gasteiger partial charge in [0.2, 0.25) is 6.79 Å². The highest BCUT2D eigenvalue weighted by Gasteiger charge is 2.18. The average molecular weight is 357 g/mol. The SMILES string of the molecule is Cc1ccc(-c2nc3cccc(C)n3c2Nc2ccc3c(c2)OCO3)cc1. The van der Waals surface area contributed by atoms with E-state index in [4.69, 9.17) is 14.5 Å². The van der Waals surface area contributed by atoms with Crippen LogP contribution >= 0.6 is 0 Å². The standard InChI is InChI=1S/C22H19N3O2/c1-14-6-8-16(9-7-14)21-22(25-15(2)4-3-5-20(25)24-21)23-17-10-11-18-19(12-17)27-13-26-18/h3-12,23H,13H2,1-2H3. The Kier molecular flexibility index (Phi) is 3.53. The largest absolute Gasteiger partial charge is 0.454 e. The molecule has 0 saturated carbocycles. The predicted molar refractivity (Wildman–Crippen MR) is 106 cm³/mol. The van der Waals surface area contributed by atoms with Gasteiger partial charge in [-0.15, -0.1) is 0 Å². The molecule has 27 heavy (non-hydrogen) atoms. The summed E-state index contributed by atoms with van der Waals surface area (Å²) in [6.45, 7) is 4.43. The monoisotopic (exact) mass is 357 g/mol. The van der Waals surface area contributed by atoms with Crippen molar-refractivity contribution >= 4 is 17.2 Å². The third kappa shape index (κ3) is 2.68. The first-order chi connectivity index (χ1) is 13.2. The molecule has 5 rings (SSSR count). The third-order valence-corrected chi connectivity index (χ3v) is 4.80. The Morgan fingerprint density at radius 1 is 0.926 bits per heavy atom. The van der Waals surface area contributed by atoms with Crippen LogP contribution in [0.15, 0.2) is 60.7 Å². The fourth-order valence-corrected chi connectivity index (χ4v) is 3.39. The summed E-state index contributed by atoms with van der Waals surface area (Å²) in [6, 6.07) is 20.4. The van der Waals surface area contributed by atoms with Crippen LogP contribution < -0.4 is 14.8 Å². The maximum atomic E-state index is 5.51. The number of ether oxygens (including phenoxy) is 2. The van der Waals surface area contributed by atoms with Gasteiger partial charge in [0.15, 0.2) is 11.5 Å². The predicted octanol–water partition coefficient (Wildman–Crippen LogP) is 5.09. The van der Waals surface area contributed by atoms with E-state index in [1.54, 1.807) is 0 Å². The van der Waals surface area contributed by atoms with Crippen molar-refractivity contribution in [2.24, 2.45) is 0 Å². The van der Waals surface area contributed by atoms with Crippen LogP contribution in [0.5, 0.6) is 11.5 Å². The van der Waals surface area contributed by atoms with Crippen molar-refractivity contribution in [3.8, 4) is 22.8 Å². The van der Waals surface area contributed by atoms with E-state index in [-0.39, 0.29) is 6.79 Å². The Morgan fingerprint density at radius 3 is 2.59 bits per heavy atom. The summed E-state index contributed by atoms with van der Waals surface area (Å²) in [5.41, 5.74) is 6.17. The zero-order valence-electron chi connectivity index (χ0n) is 15.2. The van der Waals surface area contributed by atoms with Gasteiger partial charge >= 0.3 is 0 Å². The van der Waals surface area contributed by atoms with Gasteiger partial charge in [-0.05, 0) is 38.1 Å². The fourth-order valence-electron chi connectivity index (χ4n) is 3.39. The van der Waals surface area contributed by atoms with Crippen molar-refractivity contribution in [3.05, 3.63) is 71.9 Å². The van der Waals surface area contributed by atoms with Gasteiger partial charge in [-0.1, -0.05) is 35.9 Å². The number of pyridine rings is 1. The zero-order valence-corrected chi connectivity index (χ0v) is 15.2. The number of aromatic nitrogens is 2. The van der Waals surface area contributed by atoms with Crippen LogP contribution in [0.1, 0.15) is 11.3 Å². The topological polar surface area (TPSA) is 47.8 Å². The average Bonchev–Trinajstić information content (AvgIpc) is 3.28. The molecule has 0 bridgehead atoms. The number of nitrogens with zero attached hydrogens (tertiary/aromatic N) is 2. The molecule has 0 amide bonds. The Morgan fingerprint density at radius 2 is 1.74 bits per heavy atom. The van der Waals surface area contributed by atoms with Crippen LogP contribution in [0.25, 0.3) is 16.9 Å². The van der Waals surface area contributed by atoms with Gasteiger partial charge in [-0.25, -0.2) is 4.98 Å². The lowest BCUT2D eigenvalue weighted by Crippen LogP contribution is -1.99. The van der Waals surface area contributed by atoms with Gasteiger partial charge in [0.05, 0.1) is 0 Å².